The second-order valence-electron chi connectivity index (χ2n) is 7.36. The van der Waals surface area contributed by atoms with Crippen LogP contribution >= 0.6 is 11.5 Å². The van der Waals surface area contributed by atoms with Crippen LogP contribution in [0.5, 0.6) is 5.06 Å². The molecule has 0 radical (unpaired) electrons. The fraction of sp³-hybridized carbons (Fsp3) is 0.318. The van der Waals surface area contributed by atoms with Gasteiger partial charge in [0.25, 0.3) is 5.91 Å². The summed E-state index contributed by atoms with van der Waals surface area (Å²) in [5.41, 5.74) is -0.0585. The Kier molecular flexibility index (Phi) is 7.03. The molecular formula is C22H22F2N4O3S. The molecule has 1 atom stereocenters. The van der Waals surface area contributed by atoms with Crippen LogP contribution in [0.3, 0.4) is 0 Å². The fourth-order valence-corrected chi connectivity index (χ4v) is 4.18. The molecule has 1 aliphatic heterocycles. The summed E-state index contributed by atoms with van der Waals surface area (Å²) in [5.74, 6) is -2.15. The van der Waals surface area contributed by atoms with Crippen molar-refractivity contribution in [3.63, 3.8) is 0 Å². The number of nitrogens with one attached hydrogen (secondary N) is 2. The molecule has 1 aromatic carbocycles. The first kappa shape index (κ1) is 22.3. The van der Waals surface area contributed by atoms with Crippen LogP contribution < -0.4 is 15.4 Å². The zero-order valence-electron chi connectivity index (χ0n) is 17.1. The van der Waals surface area contributed by atoms with Gasteiger partial charge in [-0.1, -0.05) is 12.1 Å². The minimum atomic E-state index is -0.801. The third-order valence-corrected chi connectivity index (χ3v) is 5.86. The molecule has 1 unspecified atom stereocenters. The van der Waals surface area contributed by atoms with E-state index in [9.17, 15) is 18.7 Å². The molecule has 0 aliphatic carbocycles. The first-order valence-electron chi connectivity index (χ1n) is 10.3. The van der Waals surface area contributed by atoms with Crippen LogP contribution in [0.1, 0.15) is 35.3 Å². The first-order valence-corrected chi connectivity index (χ1v) is 11.0. The summed E-state index contributed by atoms with van der Waals surface area (Å²) in [6.45, 7) is 1.31. The number of anilines is 1. The maximum absolute atomic E-state index is 14.5. The average Bonchev–Trinajstić information content (AvgIpc) is 3.05. The van der Waals surface area contributed by atoms with E-state index in [1.165, 1.54) is 24.4 Å². The summed E-state index contributed by atoms with van der Waals surface area (Å²) in [5, 5.41) is 16.0. The lowest BCUT2D eigenvalue weighted by atomic mass is 10.0. The summed E-state index contributed by atoms with van der Waals surface area (Å²) in [6, 6.07) is 6.29. The second-order valence-corrected chi connectivity index (χ2v) is 8.12. The average molecular weight is 461 g/mol. The quantitative estimate of drug-likeness (QED) is 0.519. The van der Waals surface area contributed by atoms with Gasteiger partial charge in [0, 0.05) is 17.1 Å². The Bertz CT molecular complexity index is 1100. The number of nitrogens with zero attached hydrogens (tertiary/aromatic N) is 2. The summed E-state index contributed by atoms with van der Waals surface area (Å²) in [4.78, 5) is 16.9. The van der Waals surface area contributed by atoms with E-state index < -0.39 is 24.1 Å². The molecule has 168 valence electrons. The van der Waals surface area contributed by atoms with Crippen LogP contribution in [0.2, 0.25) is 0 Å². The van der Waals surface area contributed by atoms with Gasteiger partial charge in [-0.2, -0.15) is 4.37 Å². The molecule has 0 saturated carbocycles. The molecule has 0 bridgehead atoms. The number of aromatic nitrogens is 2. The molecule has 4 rings (SSSR count). The molecule has 32 heavy (non-hydrogen) atoms. The molecular weight excluding hydrogens is 438 g/mol. The van der Waals surface area contributed by atoms with E-state index in [1.54, 1.807) is 0 Å². The lowest BCUT2D eigenvalue weighted by molar-refractivity contribution is 0.102. The molecule has 1 fully saturated rings. The predicted molar refractivity (Wildman–Crippen MR) is 117 cm³/mol. The maximum Gasteiger partial charge on any atom is 0.274 e. The van der Waals surface area contributed by atoms with Gasteiger partial charge < -0.3 is 20.5 Å². The largest absolute Gasteiger partial charge is 0.478 e. The molecule has 0 spiro atoms. The van der Waals surface area contributed by atoms with Crippen LogP contribution in [0.4, 0.5) is 14.5 Å². The van der Waals surface area contributed by atoms with Crippen LogP contribution in [0.15, 0.2) is 36.5 Å². The van der Waals surface area contributed by atoms with E-state index in [-0.39, 0.29) is 28.6 Å². The van der Waals surface area contributed by atoms with Gasteiger partial charge in [0.05, 0.1) is 12.8 Å². The summed E-state index contributed by atoms with van der Waals surface area (Å²) < 4.78 is 39.0. The van der Waals surface area contributed by atoms with Crippen molar-refractivity contribution in [1.29, 1.82) is 0 Å². The van der Waals surface area contributed by atoms with Gasteiger partial charge in [-0.3, -0.25) is 4.79 Å². The number of ether oxygens (including phenoxy) is 1. The van der Waals surface area contributed by atoms with Gasteiger partial charge >= 0.3 is 0 Å². The van der Waals surface area contributed by atoms with Crippen molar-refractivity contribution in [3.05, 3.63) is 59.4 Å². The van der Waals surface area contributed by atoms with Crippen LogP contribution in [-0.4, -0.2) is 39.6 Å². The van der Waals surface area contributed by atoms with Gasteiger partial charge in [-0.05, 0) is 56.1 Å². The van der Waals surface area contributed by atoms with Crippen molar-refractivity contribution < 1.29 is 23.4 Å². The van der Waals surface area contributed by atoms with Crippen LogP contribution in [0.25, 0.3) is 11.3 Å². The smallest absolute Gasteiger partial charge is 0.274 e. The first-order chi connectivity index (χ1) is 15.6. The number of aliphatic hydroxyl groups is 1. The van der Waals surface area contributed by atoms with Crippen molar-refractivity contribution >= 4 is 23.1 Å². The van der Waals surface area contributed by atoms with Gasteiger partial charge in [0.2, 0.25) is 5.06 Å². The number of rotatable bonds is 6. The summed E-state index contributed by atoms with van der Waals surface area (Å²) in [6.07, 6.45) is 4.26. The maximum atomic E-state index is 14.5. The van der Waals surface area contributed by atoms with E-state index in [1.807, 2.05) is 0 Å². The number of hydrogen-bond donors (Lipinski definition) is 3. The summed E-state index contributed by atoms with van der Waals surface area (Å²) in [7, 11) is 0. The molecule has 1 aliphatic rings. The molecule has 3 heterocycles. The minimum absolute atomic E-state index is 0.0228. The number of carbonyl (C=O) groups excluding carboxylic acids is 1. The van der Waals surface area contributed by atoms with E-state index in [2.05, 4.69) is 20.0 Å². The van der Waals surface area contributed by atoms with Crippen molar-refractivity contribution in [1.82, 2.24) is 14.7 Å². The Morgan fingerprint density at radius 1 is 1.22 bits per heavy atom. The Balaban J connectivity index is 1.56. The normalized spacial score (nSPS) is 16.4. The number of halogens is 2. The van der Waals surface area contributed by atoms with E-state index >= 15 is 0 Å². The standard InChI is InChI=1S/C22H22F2N4O3S/c23-15-5-1-3-13(12-29)19(15)20-16(24)6-7-17(27-20)21(30)28-18-11-26-32-22(18)31-14-4-2-9-25-10-8-14/h1,3,5-7,11,14,25,29H,2,4,8-10,12H2,(H,28,30). The lowest BCUT2D eigenvalue weighted by Gasteiger charge is -2.16. The third-order valence-electron chi connectivity index (χ3n) is 5.17. The molecule has 10 heteroatoms. The highest BCUT2D eigenvalue weighted by Crippen LogP contribution is 2.32. The van der Waals surface area contributed by atoms with Crippen molar-refractivity contribution in [2.24, 2.45) is 0 Å². The van der Waals surface area contributed by atoms with E-state index in [0.29, 0.717) is 10.8 Å². The Hall–Kier alpha value is -2.95. The molecule has 7 nitrogen and oxygen atoms in total. The fourth-order valence-electron chi connectivity index (χ4n) is 3.55. The van der Waals surface area contributed by atoms with Gasteiger partial charge in [-0.15, -0.1) is 0 Å². The Morgan fingerprint density at radius 3 is 2.94 bits per heavy atom. The van der Waals surface area contributed by atoms with E-state index in [0.717, 1.165) is 56.0 Å². The Labute approximate surface area is 187 Å². The second kappa shape index (κ2) is 10.1. The molecule has 3 aromatic rings. The third kappa shape index (κ3) is 4.93. The highest BCUT2D eigenvalue weighted by molar-refractivity contribution is 7.08. The number of amides is 1. The zero-order chi connectivity index (χ0) is 22.5. The number of hydrogen-bond acceptors (Lipinski definition) is 7. The van der Waals surface area contributed by atoms with Crippen LogP contribution in [-0.2, 0) is 6.61 Å². The number of pyridine rings is 1. The highest BCUT2D eigenvalue weighted by Gasteiger charge is 2.21. The minimum Gasteiger partial charge on any atom is -0.478 e. The predicted octanol–water partition coefficient (Wildman–Crippen LogP) is 3.75. The number of carbonyl (C=O) groups is 1. The molecule has 1 saturated heterocycles. The monoisotopic (exact) mass is 460 g/mol. The highest BCUT2D eigenvalue weighted by atomic mass is 32.1. The zero-order valence-corrected chi connectivity index (χ0v) is 17.9. The molecule has 2 aromatic heterocycles. The Morgan fingerprint density at radius 2 is 2.09 bits per heavy atom. The number of benzene rings is 1. The van der Waals surface area contributed by atoms with Gasteiger partial charge in [0.1, 0.15) is 34.8 Å². The van der Waals surface area contributed by atoms with E-state index in [4.69, 9.17) is 4.74 Å². The molecule has 1 amide bonds. The topological polar surface area (TPSA) is 96.4 Å². The van der Waals surface area contributed by atoms with Crippen molar-refractivity contribution in [2.75, 3.05) is 18.4 Å². The SMILES string of the molecule is O=C(Nc1cnsc1OC1CCCNCC1)c1ccc(F)c(-c2c(F)cccc2CO)n1. The summed E-state index contributed by atoms with van der Waals surface area (Å²) >= 11 is 1.13. The van der Waals surface area contributed by atoms with Crippen molar-refractivity contribution in [2.45, 2.75) is 32.0 Å². The number of aliphatic hydroxyl groups excluding tert-OH is 1. The molecule has 3 N–H and O–H groups in total. The van der Waals surface area contributed by atoms with Gasteiger partial charge in [-0.25, -0.2) is 13.8 Å². The van der Waals surface area contributed by atoms with Gasteiger partial charge in [0.15, 0.2) is 0 Å². The van der Waals surface area contributed by atoms with Crippen LogP contribution in [0, 0.1) is 11.6 Å². The lowest BCUT2D eigenvalue weighted by Crippen LogP contribution is -2.20. The van der Waals surface area contributed by atoms with Crippen molar-refractivity contribution in [3.8, 4) is 16.3 Å².